The second-order valence-electron chi connectivity index (χ2n) is 7.18. The average Bonchev–Trinajstić information content (AvgIpc) is 2.52. The van der Waals surface area contributed by atoms with E-state index < -0.39 is 23.7 Å². The number of aliphatic carboxylic acids is 1. The molecule has 0 fully saturated rings. The minimum absolute atomic E-state index is 0.0625. The molecule has 0 heterocycles. The van der Waals surface area contributed by atoms with Gasteiger partial charge in [-0.3, -0.25) is 4.79 Å². The van der Waals surface area contributed by atoms with Gasteiger partial charge < -0.3 is 25.7 Å². The number of nitrogens with one attached hydrogen (secondary N) is 1. The number of amides is 1. The standard InChI is InChI=1S/C19H28N2O5/c1-19(2,3)26-18(25)21-14(12-22)11-13-7-4-5-8-15(13)16(20)9-6-10-17(23)24/h4-5,7-8,12,14,16H,6,9-11,20H2,1-3H3,(H,21,25)(H,23,24)/t14-,16?/m0/s1. The van der Waals surface area contributed by atoms with Crippen LogP contribution in [-0.4, -0.2) is 35.1 Å². The van der Waals surface area contributed by atoms with E-state index in [0.717, 1.165) is 11.1 Å². The molecule has 0 aliphatic carbocycles. The molecule has 0 radical (unpaired) electrons. The minimum Gasteiger partial charge on any atom is -0.481 e. The number of rotatable bonds is 9. The van der Waals surface area contributed by atoms with Crippen LogP contribution in [0.25, 0.3) is 0 Å². The van der Waals surface area contributed by atoms with Crippen molar-refractivity contribution < 1.29 is 24.2 Å². The summed E-state index contributed by atoms with van der Waals surface area (Å²) in [5.74, 6) is -0.854. The Morgan fingerprint density at radius 1 is 1.31 bits per heavy atom. The van der Waals surface area contributed by atoms with E-state index in [1.54, 1.807) is 20.8 Å². The third-order valence-electron chi connectivity index (χ3n) is 3.67. The zero-order valence-electron chi connectivity index (χ0n) is 15.5. The highest BCUT2D eigenvalue weighted by Gasteiger charge is 2.21. The van der Waals surface area contributed by atoms with Gasteiger partial charge in [-0.1, -0.05) is 24.3 Å². The van der Waals surface area contributed by atoms with Crippen LogP contribution in [0.5, 0.6) is 0 Å². The van der Waals surface area contributed by atoms with Crippen molar-refractivity contribution in [1.29, 1.82) is 0 Å². The van der Waals surface area contributed by atoms with Gasteiger partial charge in [-0.15, -0.1) is 0 Å². The summed E-state index contributed by atoms with van der Waals surface area (Å²) in [5.41, 5.74) is 7.22. The third kappa shape index (κ3) is 8.11. The number of carboxylic acids is 1. The number of hydrogen-bond donors (Lipinski definition) is 3. The van der Waals surface area contributed by atoms with Crippen LogP contribution in [0.1, 0.15) is 57.2 Å². The second-order valence-corrected chi connectivity index (χ2v) is 7.18. The SMILES string of the molecule is CC(C)(C)OC(=O)N[C@H](C=O)Cc1ccccc1C(N)CCCC(=O)O. The smallest absolute Gasteiger partial charge is 0.408 e. The first-order valence-corrected chi connectivity index (χ1v) is 8.62. The van der Waals surface area contributed by atoms with Gasteiger partial charge in [-0.05, 0) is 51.2 Å². The molecule has 2 atom stereocenters. The van der Waals surface area contributed by atoms with Gasteiger partial charge in [0, 0.05) is 12.5 Å². The zero-order valence-corrected chi connectivity index (χ0v) is 15.5. The number of aldehydes is 1. The van der Waals surface area contributed by atoms with E-state index in [2.05, 4.69) is 5.32 Å². The van der Waals surface area contributed by atoms with E-state index >= 15 is 0 Å². The largest absolute Gasteiger partial charge is 0.481 e. The molecular weight excluding hydrogens is 336 g/mol. The van der Waals surface area contributed by atoms with Gasteiger partial charge in [-0.25, -0.2) is 4.79 Å². The molecule has 1 aromatic carbocycles. The number of carboxylic acid groups (broad SMARTS) is 1. The summed E-state index contributed by atoms with van der Waals surface area (Å²) < 4.78 is 5.17. The molecule has 0 spiro atoms. The molecule has 26 heavy (non-hydrogen) atoms. The molecular formula is C19H28N2O5. The maximum Gasteiger partial charge on any atom is 0.408 e. The van der Waals surface area contributed by atoms with Gasteiger partial charge >= 0.3 is 12.1 Å². The van der Waals surface area contributed by atoms with Gasteiger partial charge in [0.1, 0.15) is 11.9 Å². The van der Waals surface area contributed by atoms with E-state index in [1.165, 1.54) is 0 Å². The number of benzene rings is 1. The van der Waals surface area contributed by atoms with E-state index in [4.69, 9.17) is 15.6 Å². The van der Waals surface area contributed by atoms with Crippen molar-refractivity contribution >= 4 is 18.3 Å². The van der Waals surface area contributed by atoms with Crippen LogP contribution >= 0.6 is 0 Å². The van der Waals surface area contributed by atoms with Crippen LogP contribution in [0.15, 0.2) is 24.3 Å². The topological polar surface area (TPSA) is 119 Å². The maximum atomic E-state index is 11.9. The molecule has 0 saturated carbocycles. The van der Waals surface area contributed by atoms with Gasteiger partial charge in [-0.2, -0.15) is 0 Å². The highest BCUT2D eigenvalue weighted by Crippen LogP contribution is 2.22. The lowest BCUT2D eigenvalue weighted by Crippen LogP contribution is -2.41. The molecule has 0 aliphatic rings. The molecule has 0 saturated heterocycles. The van der Waals surface area contributed by atoms with Gasteiger partial charge in [0.15, 0.2) is 0 Å². The number of alkyl carbamates (subject to hydrolysis) is 1. The molecule has 7 heteroatoms. The summed E-state index contributed by atoms with van der Waals surface area (Å²) in [5, 5.41) is 11.3. The Bertz CT molecular complexity index is 625. The summed E-state index contributed by atoms with van der Waals surface area (Å²) in [7, 11) is 0. The fourth-order valence-electron chi connectivity index (χ4n) is 2.54. The van der Waals surface area contributed by atoms with Crippen molar-refractivity contribution in [2.24, 2.45) is 5.73 Å². The fraction of sp³-hybridized carbons (Fsp3) is 0.526. The minimum atomic E-state index is -0.854. The quantitative estimate of drug-likeness (QED) is 0.580. The van der Waals surface area contributed by atoms with Crippen LogP contribution in [0.4, 0.5) is 4.79 Å². The number of nitrogens with two attached hydrogens (primary N) is 1. The van der Waals surface area contributed by atoms with E-state index in [-0.39, 0.29) is 18.9 Å². The Balaban J connectivity index is 2.76. The lowest BCUT2D eigenvalue weighted by molar-refractivity contribution is -0.137. The lowest BCUT2D eigenvalue weighted by atomic mass is 9.93. The maximum absolute atomic E-state index is 11.9. The van der Waals surface area contributed by atoms with Crippen molar-refractivity contribution in [2.45, 2.75) is 64.1 Å². The molecule has 4 N–H and O–H groups in total. The van der Waals surface area contributed by atoms with Crippen LogP contribution in [0.2, 0.25) is 0 Å². The Labute approximate surface area is 153 Å². The zero-order chi connectivity index (χ0) is 19.7. The summed E-state index contributed by atoms with van der Waals surface area (Å²) in [6, 6.07) is 6.30. The molecule has 1 rings (SSSR count). The first-order valence-electron chi connectivity index (χ1n) is 8.62. The first-order chi connectivity index (χ1) is 12.1. The summed E-state index contributed by atoms with van der Waals surface area (Å²) in [6.07, 6.45) is 1.35. The van der Waals surface area contributed by atoms with Crippen molar-refractivity contribution in [1.82, 2.24) is 5.32 Å². The van der Waals surface area contributed by atoms with Gasteiger partial charge in [0.05, 0.1) is 6.04 Å². The fourth-order valence-corrected chi connectivity index (χ4v) is 2.54. The Morgan fingerprint density at radius 3 is 2.54 bits per heavy atom. The lowest BCUT2D eigenvalue weighted by Gasteiger charge is -2.22. The van der Waals surface area contributed by atoms with E-state index in [1.807, 2.05) is 24.3 Å². The molecule has 1 aromatic rings. The van der Waals surface area contributed by atoms with Crippen molar-refractivity contribution in [3.05, 3.63) is 35.4 Å². The van der Waals surface area contributed by atoms with Crippen LogP contribution in [-0.2, 0) is 20.7 Å². The Hall–Kier alpha value is -2.41. The predicted molar refractivity (Wildman–Crippen MR) is 97.8 cm³/mol. The molecule has 0 bridgehead atoms. The van der Waals surface area contributed by atoms with Crippen molar-refractivity contribution in [3.8, 4) is 0 Å². The van der Waals surface area contributed by atoms with Gasteiger partial charge in [0.25, 0.3) is 0 Å². The number of carbonyl (C=O) groups is 3. The molecule has 7 nitrogen and oxygen atoms in total. The van der Waals surface area contributed by atoms with Crippen LogP contribution < -0.4 is 11.1 Å². The van der Waals surface area contributed by atoms with Crippen LogP contribution in [0, 0.1) is 0 Å². The Morgan fingerprint density at radius 2 is 1.96 bits per heavy atom. The van der Waals surface area contributed by atoms with Crippen molar-refractivity contribution in [2.75, 3.05) is 0 Å². The second kappa shape index (κ2) is 9.91. The monoisotopic (exact) mass is 364 g/mol. The third-order valence-corrected chi connectivity index (χ3v) is 3.67. The summed E-state index contributed by atoms with van der Waals surface area (Å²) in [6.45, 7) is 5.23. The van der Waals surface area contributed by atoms with E-state index in [9.17, 15) is 14.4 Å². The highest BCUT2D eigenvalue weighted by molar-refractivity contribution is 5.73. The first kappa shape index (κ1) is 21.6. The Kier molecular flexibility index (Phi) is 8.25. The van der Waals surface area contributed by atoms with Crippen LogP contribution in [0.3, 0.4) is 0 Å². The molecule has 1 amide bonds. The normalized spacial score (nSPS) is 13.5. The van der Waals surface area contributed by atoms with Crippen molar-refractivity contribution in [3.63, 3.8) is 0 Å². The molecule has 0 aromatic heterocycles. The number of hydrogen-bond acceptors (Lipinski definition) is 5. The summed E-state index contributed by atoms with van der Waals surface area (Å²) in [4.78, 5) is 33.9. The predicted octanol–water partition coefficient (Wildman–Crippen LogP) is 2.58. The molecule has 144 valence electrons. The van der Waals surface area contributed by atoms with E-state index in [0.29, 0.717) is 19.1 Å². The molecule has 1 unspecified atom stereocenters. The highest BCUT2D eigenvalue weighted by atomic mass is 16.6. The number of ether oxygens (including phenoxy) is 1. The average molecular weight is 364 g/mol. The summed E-state index contributed by atoms with van der Waals surface area (Å²) >= 11 is 0. The van der Waals surface area contributed by atoms with Gasteiger partial charge in [0.2, 0.25) is 0 Å². The molecule has 0 aliphatic heterocycles. The number of carbonyl (C=O) groups excluding carboxylic acids is 2.